The van der Waals surface area contributed by atoms with E-state index in [9.17, 15) is 4.79 Å². The molecule has 28 heavy (non-hydrogen) atoms. The van der Waals surface area contributed by atoms with E-state index in [4.69, 9.17) is 0 Å². The van der Waals surface area contributed by atoms with Gasteiger partial charge in [-0.25, -0.2) is 5.43 Å². The van der Waals surface area contributed by atoms with Gasteiger partial charge in [0.25, 0.3) is 5.91 Å². The van der Waals surface area contributed by atoms with E-state index in [0.717, 1.165) is 5.56 Å². The van der Waals surface area contributed by atoms with Crippen molar-refractivity contribution in [1.29, 1.82) is 0 Å². The first-order valence-corrected chi connectivity index (χ1v) is 10.7. The molecule has 1 amide bonds. The van der Waals surface area contributed by atoms with E-state index in [-0.39, 0.29) is 18.0 Å². The second kappa shape index (κ2) is 7.71. The second-order valence-electron chi connectivity index (χ2n) is 9.09. The summed E-state index contributed by atoms with van der Waals surface area (Å²) >= 11 is 0. The van der Waals surface area contributed by atoms with E-state index < -0.39 is 0 Å². The van der Waals surface area contributed by atoms with Crippen LogP contribution in [0.1, 0.15) is 61.1 Å². The summed E-state index contributed by atoms with van der Waals surface area (Å²) < 4.78 is 0. The number of hydrogen-bond acceptors (Lipinski definition) is 2. The molecule has 0 aromatic heterocycles. The van der Waals surface area contributed by atoms with Crippen molar-refractivity contribution in [3.63, 3.8) is 0 Å². The number of rotatable bonds is 3. The molecule has 3 heteroatoms. The van der Waals surface area contributed by atoms with Crippen LogP contribution in [-0.4, -0.2) is 17.0 Å². The van der Waals surface area contributed by atoms with Crippen LogP contribution in [0.15, 0.2) is 54.6 Å². The molecule has 1 heterocycles. The third-order valence-electron chi connectivity index (χ3n) is 6.94. The Hall–Kier alpha value is -2.13. The lowest BCUT2D eigenvalue weighted by Crippen LogP contribution is -2.50. The molecule has 3 nitrogen and oxygen atoms in total. The number of carbonyl (C=O) groups is 1. The molecule has 0 spiro atoms. The Labute approximate surface area is 169 Å². The fourth-order valence-corrected chi connectivity index (χ4v) is 5.37. The zero-order chi connectivity index (χ0) is 19.8. The van der Waals surface area contributed by atoms with Crippen LogP contribution in [0.25, 0.3) is 0 Å². The minimum Gasteiger partial charge on any atom is -0.270 e. The molecule has 2 fully saturated rings. The lowest BCUT2D eigenvalue weighted by Gasteiger charge is -2.43. The van der Waals surface area contributed by atoms with Crippen molar-refractivity contribution >= 4 is 5.91 Å². The van der Waals surface area contributed by atoms with Crippen LogP contribution in [0.3, 0.4) is 0 Å². The third kappa shape index (κ3) is 3.37. The Morgan fingerprint density at radius 1 is 1.04 bits per heavy atom. The second-order valence-corrected chi connectivity index (χ2v) is 9.09. The molecule has 0 unspecified atom stereocenters. The molecular formula is C25H32N2O. The van der Waals surface area contributed by atoms with Crippen molar-refractivity contribution < 1.29 is 4.79 Å². The molecule has 148 valence electrons. The summed E-state index contributed by atoms with van der Waals surface area (Å²) in [5, 5.41) is 1.99. The Morgan fingerprint density at radius 2 is 1.71 bits per heavy atom. The van der Waals surface area contributed by atoms with Crippen molar-refractivity contribution in [3.05, 3.63) is 71.3 Å². The van der Waals surface area contributed by atoms with E-state index in [0.29, 0.717) is 23.7 Å². The number of hydrazine groups is 1. The first kappa shape index (κ1) is 19.2. The lowest BCUT2D eigenvalue weighted by atomic mass is 9.65. The summed E-state index contributed by atoms with van der Waals surface area (Å²) in [4.78, 5) is 13.5. The van der Waals surface area contributed by atoms with Gasteiger partial charge in [-0.1, -0.05) is 68.8 Å². The van der Waals surface area contributed by atoms with E-state index in [2.05, 4.69) is 63.5 Å². The Kier molecular flexibility index (Phi) is 5.29. The van der Waals surface area contributed by atoms with Crippen molar-refractivity contribution in [2.45, 2.75) is 52.6 Å². The molecule has 1 aliphatic carbocycles. The maximum absolute atomic E-state index is 13.5. The number of nitrogens with one attached hydrogen (secondary N) is 1. The number of carbonyl (C=O) groups excluding carboxylic acids is 1. The van der Waals surface area contributed by atoms with Gasteiger partial charge in [0.15, 0.2) is 0 Å². The van der Waals surface area contributed by atoms with Crippen LogP contribution in [0.5, 0.6) is 0 Å². The van der Waals surface area contributed by atoms with Crippen LogP contribution < -0.4 is 5.43 Å². The number of fused-ring (bicyclic) bond motifs is 1. The fourth-order valence-electron chi connectivity index (χ4n) is 5.37. The molecular weight excluding hydrogens is 344 g/mol. The van der Waals surface area contributed by atoms with Crippen LogP contribution in [0.2, 0.25) is 0 Å². The molecule has 4 rings (SSSR count). The topological polar surface area (TPSA) is 32.3 Å². The summed E-state index contributed by atoms with van der Waals surface area (Å²) in [5.41, 5.74) is 6.89. The lowest BCUT2D eigenvalue weighted by molar-refractivity contribution is 0.0338. The van der Waals surface area contributed by atoms with Crippen molar-refractivity contribution in [2.75, 3.05) is 0 Å². The number of nitrogens with zero attached hydrogens (tertiary/aromatic N) is 1. The standard InChI is InChI=1S/C25H32N2O/c1-16(2)21-15-12-18(4)22-23(19-8-6-5-7-9-19)26-27(24(21)22)25(28)20-13-10-17(3)11-14-20/h5-11,13-14,16,18,21-24,26H,12,15H2,1-4H3/t18-,21+,22+,23-,24-/m0/s1. The predicted molar refractivity (Wildman–Crippen MR) is 114 cm³/mol. The highest BCUT2D eigenvalue weighted by Gasteiger charge is 2.52. The number of amides is 1. The smallest absolute Gasteiger partial charge is 0.268 e. The van der Waals surface area contributed by atoms with Crippen LogP contribution in [-0.2, 0) is 0 Å². The molecule has 5 atom stereocenters. The molecule has 0 radical (unpaired) electrons. The minimum atomic E-state index is 0.105. The quantitative estimate of drug-likeness (QED) is 0.779. The summed E-state index contributed by atoms with van der Waals surface area (Å²) in [6.45, 7) is 9.04. The zero-order valence-electron chi connectivity index (χ0n) is 17.4. The van der Waals surface area contributed by atoms with Gasteiger partial charge in [0.05, 0.1) is 12.1 Å². The number of benzene rings is 2. The van der Waals surface area contributed by atoms with Crippen molar-refractivity contribution in [2.24, 2.45) is 23.7 Å². The van der Waals surface area contributed by atoms with Gasteiger partial charge in [0.1, 0.15) is 0 Å². The Bertz CT molecular complexity index is 814. The monoisotopic (exact) mass is 376 g/mol. The first-order chi connectivity index (χ1) is 13.5. The Balaban J connectivity index is 1.74. The summed E-state index contributed by atoms with van der Waals surface area (Å²) in [5.74, 6) is 2.22. The normalized spacial score (nSPS) is 29.8. The van der Waals surface area contributed by atoms with Gasteiger partial charge in [0.2, 0.25) is 0 Å². The molecule has 1 saturated heterocycles. The highest BCUT2D eigenvalue weighted by Crippen LogP contribution is 2.49. The first-order valence-electron chi connectivity index (χ1n) is 10.7. The van der Waals surface area contributed by atoms with E-state index in [1.807, 2.05) is 29.3 Å². The van der Waals surface area contributed by atoms with E-state index >= 15 is 0 Å². The maximum atomic E-state index is 13.5. The highest BCUT2D eigenvalue weighted by atomic mass is 16.2. The van der Waals surface area contributed by atoms with Crippen LogP contribution in [0, 0.1) is 30.6 Å². The molecule has 2 aliphatic rings. The van der Waals surface area contributed by atoms with Gasteiger partial charge in [-0.2, -0.15) is 0 Å². The van der Waals surface area contributed by atoms with E-state index in [1.54, 1.807) is 0 Å². The average molecular weight is 377 g/mol. The maximum Gasteiger partial charge on any atom is 0.268 e. The largest absolute Gasteiger partial charge is 0.270 e. The van der Waals surface area contributed by atoms with Gasteiger partial charge in [-0.3, -0.25) is 9.80 Å². The fraction of sp³-hybridized carbons (Fsp3) is 0.480. The molecule has 1 saturated carbocycles. The van der Waals surface area contributed by atoms with Gasteiger partial charge < -0.3 is 0 Å². The van der Waals surface area contributed by atoms with Gasteiger partial charge in [0, 0.05) is 11.5 Å². The molecule has 0 bridgehead atoms. The predicted octanol–water partition coefficient (Wildman–Crippen LogP) is 5.38. The minimum absolute atomic E-state index is 0.105. The Morgan fingerprint density at radius 3 is 2.36 bits per heavy atom. The van der Waals surface area contributed by atoms with Crippen LogP contribution in [0.4, 0.5) is 0 Å². The molecule has 1 N–H and O–H groups in total. The number of hydrogen-bond donors (Lipinski definition) is 1. The third-order valence-corrected chi connectivity index (χ3v) is 6.94. The molecule has 2 aromatic carbocycles. The molecule has 2 aromatic rings. The SMILES string of the molecule is Cc1ccc(C(=O)N2N[C@@H](c3ccccc3)[C@@H]3[C@@H]2[C@@H](C(C)C)CC[C@@H]3C)cc1. The number of aryl methyl sites for hydroxylation is 1. The van der Waals surface area contributed by atoms with Crippen molar-refractivity contribution in [3.8, 4) is 0 Å². The summed E-state index contributed by atoms with van der Waals surface area (Å²) in [7, 11) is 0. The van der Waals surface area contributed by atoms with E-state index in [1.165, 1.54) is 24.0 Å². The van der Waals surface area contributed by atoms with Gasteiger partial charge >= 0.3 is 0 Å². The van der Waals surface area contributed by atoms with Crippen molar-refractivity contribution in [1.82, 2.24) is 10.4 Å². The summed E-state index contributed by atoms with van der Waals surface area (Å²) in [6, 6.07) is 19.1. The molecule has 1 aliphatic heterocycles. The average Bonchev–Trinajstić information content (AvgIpc) is 3.10. The highest BCUT2D eigenvalue weighted by molar-refractivity contribution is 5.94. The van der Waals surface area contributed by atoms with Gasteiger partial charge in [-0.15, -0.1) is 0 Å². The van der Waals surface area contributed by atoms with Crippen LogP contribution >= 0.6 is 0 Å². The van der Waals surface area contributed by atoms with Gasteiger partial charge in [-0.05, 0) is 55.2 Å². The summed E-state index contributed by atoms with van der Waals surface area (Å²) in [6.07, 6.45) is 2.43. The zero-order valence-corrected chi connectivity index (χ0v) is 17.4.